The van der Waals surface area contributed by atoms with E-state index in [2.05, 4.69) is 20.8 Å². The lowest BCUT2D eigenvalue weighted by Gasteiger charge is -2.11. The number of rotatable bonds is 5. The largest absolute Gasteiger partial charge is 0.465 e. The standard InChI is InChI=1S/C21H20N4O3/c1-13-7-6-8-14(2)19(13)23-20(26)17-11-12-18(25-24-17)22-16-10-5-4-9-15(16)21(27)28-3/h4-12H,1-3H3,(H,22,25)(H,23,26). The third kappa shape index (κ3) is 4.15. The van der Waals surface area contributed by atoms with Crippen LogP contribution >= 0.6 is 0 Å². The minimum Gasteiger partial charge on any atom is -0.465 e. The Morgan fingerprint density at radius 3 is 2.25 bits per heavy atom. The fourth-order valence-electron chi connectivity index (χ4n) is 2.73. The number of anilines is 3. The van der Waals surface area contributed by atoms with E-state index in [1.54, 1.807) is 36.4 Å². The molecule has 0 aliphatic carbocycles. The fraction of sp³-hybridized carbons (Fsp3) is 0.143. The summed E-state index contributed by atoms with van der Waals surface area (Å²) in [6.45, 7) is 3.86. The highest BCUT2D eigenvalue weighted by atomic mass is 16.5. The Balaban J connectivity index is 1.76. The Morgan fingerprint density at radius 1 is 0.893 bits per heavy atom. The molecular formula is C21H20N4O3. The van der Waals surface area contributed by atoms with Gasteiger partial charge in [-0.25, -0.2) is 4.79 Å². The van der Waals surface area contributed by atoms with Gasteiger partial charge in [0, 0.05) is 5.69 Å². The molecule has 1 aromatic heterocycles. The number of hydrogen-bond acceptors (Lipinski definition) is 6. The number of esters is 1. The zero-order chi connectivity index (χ0) is 20.1. The smallest absolute Gasteiger partial charge is 0.339 e. The first-order valence-corrected chi connectivity index (χ1v) is 8.65. The molecule has 0 radical (unpaired) electrons. The number of methoxy groups -OCH3 is 1. The molecule has 2 N–H and O–H groups in total. The summed E-state index contributed by atoms with van der Waals surface area (Å²) in [7, 11) is 1.32. The minimum atomic E-state index is -0.458. The van der Waals surface area contributed by atoms with E-state index in [4.69, 9.17) is 4.74 Å². The number of nitrogens with zero attached hydrogens (tertiary/aromatic N) is 2. The maximum atomic E-state index is 12.5. The van der Waals surface area contributed by atoms with E-state index in [0.29, 0.717) is 17.1 Å². The van der Waals surface area contributed by atoms with Crippen molar-refractivity contribution >= 4 is 29.1 Å². The van der Waals surface area contributed by atoms with E-state index < -0.39 is 5.97 Å². The second kappa shape index (κ2) is 8.30. The van der Waals surface area contributed by atoms with Crippen molar-refractivity contribution in [1.82, 2.24) is 10.2 Å². The number of nitrogens with one attached hydrogen (secondary N) is 2. The van der Waals surface area contributed by atoms with Crippen LogP contribution in [0.15, 0.2) is 54.6 Å². The number of ether oxygens (including phenoxy) is 1. The molecule has 0 saturated heterocycles. The number of benzene rings is 2. The monoisotopic (exact) mass is 376 g/mol. The Kier molecular flexibility index (Phi) is 5.64. The van der Waals surface area contributed by atoms with Crippen molar-refractivity contribution in [3.05, 3.63) is 77.0 Å². The van der Waals surface area contributed by atoms with Crippen LogP contribution in [0.3, 0.4) is 0 Å². The van der Waals surface area contributed by atoms with Crippen LogP contribution in [0, 0.1) is 13.8 Å². The van der Waals surface area contributed by atoms with E-state index in [-0.39, 0.29) is 11.6 Å². The van der Waals surface area contributed by atoms with E-state index in [0.717, 1.165) is 16.8 Å². The molecular weight excluding hydrogens is 356 g/mol. The summed E-state index contributed by atoms with van der Waals surface area (Å²) in [6, 6.07) is 15.9. The molecule has 7 nitrogen and oxygen atoms in total. The summed E-state index contributed by atoms with van der Waals surface area (Å²) in [5.41, 5.74) is 3.82. The molecule has 0 spiro atoms. The highest BCUT2D eigenvalue weighted by molar-refractivity contribution is 6.03. The molecule has 3 rings (SSSR count). The van der Waals surface area contributed by atoms with E-state index >= 15 is 0 Å². The van der Waals surface area contributed by atoms with Crippen LogP contribution in [0.2, 0.25) is 0 Å². The van der Waals surface area contributed by atoms with Crippen molar-refractivity contribution in [3.63, 3.8) is 0 Å². The third-order valence-corrected chi connectivity index (χ3v) is 4.21. The van der Waals surface area contributed by atoms with Gasteiger partial charge in [-0.15, -0.1) is 10.2 Å². The molecule has 2 aromatic carbocycles. The number of carbonyl (C=O) groups excluding carboxylic acids is 2. The van der Waals surface area contributed by atoms with Crippen molar-refractivity contribution < 1.29 is 14.3 Å². The van der Waals surface area contributed by atoms with Gasteiger partial charge >= 0.3 is 5.97 Å². The van der Waals surface area contributed by atoms with Crippen LogP contribution in [0.4, 0.5) is 17.2 Å². The Hall–Kier alpha value is -3.74. The number of amides is 1. The summed E-state index contributed by atoms with van der Waals surface area (Å²) in [6.07, 6.45) is 0. The Bertz CT molecular complexity index is 996. The Morgan fingerprint density at radius 2 is 1.61 bits per heavy atom. The molecule has 0 saturated carbocycles. The topological polar surface area (TPSA) is 93.2 Å². The number of aromatic nitrogens is 2. The molecule has 0 bridgehead atoms. The van der Waals surface area contributed by atoms with Crippen LogP contribution in [-0.2, 0) is 4.74 Å². The highest BCUT2D eigenvalue weighted by Crippen LogP contribution is 2.21. The maximum absolute atomic E-state index is 12.5. The van der Waals surface area contributed by atoms with Gasteiger partial charge in [-0.05, 0) is 49.2 Å². The second-order valence-corrected chi connectivity index (χ2v) is 6.19. The number of carbonyl (C=O) groups is 2. The molecule has 7 heteroatoms. The zero-order valence-corrected chi connectivity index (χ0v) is 15.8. The zero-order valence-electron chi connectivity index (χ0n) is 15.8. The van der Waals surface area contributed by atoms with Gasteiger partial charge in [0.25, 0.3) is 5.91 Å². The summed E-state index contributed by atoms with van der Waals surface area (Å²) >= 11 is 0. The molecule has 0 aliphatic heterocycles. The van der Waals surface area contributed by atoms with E-state index in [1.165, 1.54) is 7.11 Å². The van der Waals surface area contributed by atoms with Crippen molar-refractivity contribution in [2.75, 3.05) is 17.7 Å². The summed E-state index contributed by atoms with van der Waals surface area (Å²) in [5.74, 6) is -0.396. The van der Waals surface area contributed by atoms with Gasteiger partial charge in [-0.1, -0.05) is 30.3 Å². The molecule has 0 aliphatic rings. The van der Waals surface area contributed by atoms with Crippen molar-refractivity contribution in [2.24, 2.45) is 0 Å². The Labute approximate surface area is 162 Å². The lowest BCUT2D eigenvalue weighted by molar-refractivity contribution is 0.0601. The SMILES string of the molecule is COC(=O)c1ccccc1Nc1ccc(C(=O)Nc2c(C)cccc2C)nn1. The van der Waals surface area contributed by atoms with Crippen molar-refractivity contribution in [3.8, 4) is 0 Å². The van der Waals surface area contributed by atoms with Gasteiger partial charge in [-0.2, -0.15) is 0 Å². The van der Waals surface area contributed by atoms with Crippen LogP contribution in [0.25, 0.3) is 0 Å². The lowest BCUT2D eigenvalue weighted by atomic mass is 10.1. The van der Waals surface area contributed by atoms with Gasteiger partial charge < -0.3 is 15.4 Å². The minimum absolute atomic E-state index is 0.189. The van der Waals surface area contributed by atoms with Crippen LogP contribution in [-0.4, -0.2) is 29.2 Å². The molecule has 1 heterocycles. The molecule has 3 aromatic rings. The van der Waals surface area contributed by atoms with Gasteiger partial charge in [0.05, 0.1) is 18.4 Å². The van der Waals surface area contributed by atoms with Gasteiger partial charge in [0.1, 0.15) is 0 Å². The predicted octanol–water partition coefficient (Wildman–Crippen LogP) is 3.88. The van der Waals surface area contributed by atoms with Crippen molar-refractivity contribution in [2.45, 2.75) is 13.8 Å². The first kappa shape index (κ1) is 19.0. The van der Waals surface area contributed by atoms with Crippen LogP contribution in [0.5, 0.6) is 0 Å². The van der Waals surface area contributed by atoms with Gasteiger partial charge in [0.15, 0.2) is 11.5 Å². The maximum Gasteiger partial charge on any atom is 0.339 e. The molecule has 28 heavy (non-hydrogen) atoms. The summed E-state index contributed by atoms with van der Waals surface area (Å²) in [5, 5.41) is 13.9. The fourth-order valence-corrected chi connectivity index (χ4v) is 2.73. The molecule has 0 unspecified atom stereocenters. The summed E-state index contributed by atoms with van der Waals surface area (Å²) < 4.78 is 4.77. The van der Waals surface area contributed by atoms with Crippen LogP contribution < -0.4 is 10.6 Å². The van der Waals surface area contributed by atoms with Gasteiger partial charge in [-0.3, -0.25) is 4.79 Å². The first-order chi connectivity index (χ1) is 13.5. The van der Waals surface area contributed by atoms with E-state index in [9.17, 15) is 9.59 Å². The predicted molar refractivity (Wildman–Crippen MR) is 107 cm³/mol. The quantitative estimate of drug-likeness (QED) is 0.657. The second-order valence-electron chi connectivity index (χ2n) is 6.19. The molecule has 0 fully saturated rings. The summed E-state index contributed by atoms with van der Waals surface area (Å²) in [4.78, 5) is 24.3. The third-order valence-electron chi connectivity index (χ3n) is 4.21. The average molecular weight is 376 g/mol. The molecule has 0 atom stereocenters. The normalized spacial score (nSPS) is 10.2. The molecule has 1 amide bonds. The number of hydrogen-bond donors (Lipinski definition) is 2. The highest BCUT2D eigenvalue weighted by Gasteiger charge is 2.14. The van der Waals surface area contributed by atoms with Crippen LogP contribution in [0.1, 0.15) is 32.0 Å². The average Bonchev–Trinajstić information content (AvgIpc) is 2.71. The first-order valence-electron chi connectivity index (χ1n) is 8.65. The van der Waals surface area contributed by atoms with Crippen molar-refractivity contribution in [1.29, 1.82) is 0 Å². The number of para-hydroxylation sites is 2. The van der Waals surface area contributed by atoms with E-state index in [1.807, 2.05) is 32.0 Å². The molecule has 142 valence electrons. The lowest BCUT2D eigenvalue weighted by Crippen LogP contribution is -2.16. The number of aryl methyl sites for hydroxylation is 2. The van der Waals surface area contributed by atoms with Gasteiger partial charge in [0.2, 0.25) is 0 Å².